The second-order valence-electron chi connectivity index (χ2n) is 14.6. The zero-order chi connectivity index (χ0) is 37.5. The fraction of sp³-hybridized carbons (Fsp3) is 0. The highest BCUT2D eigenvalue weighted by Crippen LogP contribution is 2.42. The quantitative estimate of drug-likeness (QED) is 0.177. The summed E-state index contributed by atoms with van der Waals surface area (Å²) in [4.78, 5) is 10.8. The van der Waals surface area contributed by atoms with E-state index in [1.165, 1.54) is 21.7 Å². The molecule has 0 aliphatic carbocycles. The molecule has 0 bridgehead atoms. The number of aromatic nitrogens is 4. The Labute approximate surface area is 327 Å². The van der Waals surface area contributed by atoms with Gasteiger partial charge in [-0.25, -0.2) is 9.97 Å². The van der Waals surface area contributed by atoms with E-state index >= 15 is 0 Å². The second kappa shape index (κ2) is 12.4. The molecule has 5 nitrogen and oxygen atoms in total. The number of benzene rings is 8. The lowest BCUT2D eigenvalue weighted by Crippen LogP contribution is -2.04. The van der Waals surface area contributed by atoms with Crippen molar-refractivity contribution in [3.63, 3.8) is 0 Å². The van der Waals surface area contributed by atoms with Gasteiger partial charge in [-0.3, -0.25) is 4.57 Å². The molecule has 4 heterocycles. The van der Waals surface area contributed by atoms with Crippen LogP contribution >= 0.6 is 0 Å². The van der Waals surface area contributed by atoms with Crippen LogP contribution in [0.25, 0.3) is 111 Å². The first kappa shape index (κ1) is 31.6. The molecule has 0 spiro atoms. The number of rotatable bonds is 5. The number of furan rings is 1. The van der Waals surface area contributed by atoms with Gasteiger partial charge in [-0.15, -0.1) is 0 Å². The van der Waals surface area contributed by atoms with Crippen LogP contribution in [-0.4, -0.2) is 19.1 Å². The summed E-state index contributed by atoms with van der Waals surface area (Å²) < 4.78 is 11.0. The molecule has 0 aliphatic rings. The van der Waals surface area contributed by atoms with Crippen molar-refractivity contribution in [1.29, 1.82) is 0 Å². The summed E-state index contributed by atoms with van der Waals surface area (Å²) in [5.41, 5.74) is 13.2. The van der Waals surface area contributed by atoms with Crippen molar-refractivity contribution < 1.29 is 4.42 Å². The Hall–Kier alpha value is -7.76. The van der Waals surface area contributed by atoms with Crippen molar-refractivity contribution >= 4 is 65.6 Å². The SMILES string of the molecule is c1ccc(-c2cccc(-c3cc(-c4ccc5c(c4)oc4ccccc45)nc(-n4c5ccccc5c5c6c7ccccc7n(-c7ccccc7)c6ccc54)n3)c2)cc1. The van der Waals surface area contributed by atoms with Crippen LogP contribution in [0.15, 0.2) is 199 Å². The molecule has 0 saturated carbocycles. The number of para-hydroxylation sites is 4. The van der Waals surface area contributed by atoms with E-state index in [0.29, 0.717) is 5.95 Å². The molecule has 0 N–H and O–H groups in total. The summed E-state index contributed by atoms with van der Waals surface area (Å²) in [7, 11) is 0. The standard InChI is InChI=1S/C52H32N4O/c1-3-14-33(15-4-1)34-16-13-17-35(30-34)42-32-43(36-26-27-39-38-20-9-12-25-48(38)57-49(39)31-36)54-52(53-42)56-45-24-11-8-22-41(45)51-47(56)29-28-46-50(51)40-21-7-10-23-44(40)55(46)37-18-5-2-6-19-37/h1-32H. The van der Waals surface area contributed by atoms with E-state index in [9.17, 15) is 0 Å². The van der Waals surface area contributed by atoms with Gasteiger partial charge in [-0.1, -0.05) is 127 Å². The molecule has 0 amide bonds. The molecule has 0 unspecified atom stereocenters. The third-order valence-electron chi connectivity index (χ3n) is 11.3. The topological polar surface area (TPSA) is 48.8 Å². The number of fused-ring (bicyclic) bond motifs is 10. The maximum absolute atomic E-state index is 6.37. The maximum atomic E-state index is 6.37. The molecule has 5 heteroatoms. The van der Waals surface area contributed by atoms with Gasteiger partial charge in [0.25, 0.3) is 0 Å². The van der Waals surface area contributed by atoms with E-state index in [0.717, 1.165) is 83.2 Å². The Morgan fingerprint density at radius 1 is 0.333 bits per heavy atom. The smallest absolute Gasteiger partial charge is 0.235 e. The van der Waals surface area contributed by atoms with Crippen LogP contribution in [0.5, 0.6) is 0 Å². The van der Waals surface area contributed by atoms with Crippen molar-refractivity contribution in [2.75, 3.05) is 0 Å². The van der Waals surface area contributed by atoms with Gasteiger partial charge >= 0.3 is 0 Å². The fourth-order valence-corrected chi connectivity index (χ4v) is 8.79. The summed E-state index contributed by atoms with van der Waals surface area (Å²) >= 11 is 0. The zero-order valence-corrected chi connectivity index (χ0v) is 30.7. The minimum Gasteiger partial charge on any atom is -0.456 e. The summed E-state index contributed by atoms with van der Waals surface area (Å²) in [6.07, 6.45) is 0. The van der Waals surface area contributed by atoms with Crippen molar-refractivity contribution in [2.45, 2.75) is 0 Å². The van der Waals surface area contributed by atoms with E-state index in [2.05, 4.69) is 185 Å². The van der Waals surface area contributed by atoms with Crippen LogP contribution < -0.4 is 0 Å². The molecule has 12 rings (SSSR count). The Kier molecular flexibility index (Phi) is 6.86. The first-order valence-corrected chi connectivity index (χ1v) is 19.2. The van der Waals surface area contributed by atoms with Gasteiger partial charge in [-0.2, -0.15) is 0 Å². The zero-order valence-electron chi connectivity index (χ0n) is 30.7. The Bertz CT molecular complexity index is 3520. The van der Waals surface area contributed by atoms with E-state index < -0.39 is 0 Å². The van der Waals surface area contributed by atoms with Gasteiger partial charge in [0.05, 0.1) is 33.5 Å². The molecule has 0 fully saturated rings. The summed E-state index contributed by atoms with van der Waals surface area (Å²) in [6, 6.07) is 68.3. The lowest BCUT2D eigenvalue weighted by atomic mass is 10.0. The molecular weight excluding hydrogens is 697 g/mol. The Balaban J connectivity index is 1.15. The van der Waals surface area contributed by atoms with Crippen LogP contribution in [0, 0.1) is 0 Å². The fourth-order valence-electron chi connectivity index (χ4n) is 8.79. The van der Waals surface area contributed by atoms with Crippen molar-refractivity contribution in [2.24, 2.45) is 0 Å². The summed E-state index contributed by atoms with van der Waals surface area (Å²) in [5.74, 6) is 0.606. The van der Waals surface area contributed by atoms with Crippen LogP contribution in [0.1, 0.15) is 0 Å². The molecule has 0 radical (unpaired) electrons. The minimum atomic E-state index is 0.606. The average Bonchev–Trinajstić information content (AvgIpc) is 3.94. The summed E-state index contributed by atoms with van der Waals surface area (Å²) in [5, 5.41) is 6.94. The minimum absolute atomic E-state index is 0.606. The first-order valence-electron chi connectivity index (χ1n) is 19.2. The lowest BCUT2D eigenvalue weighted by Gasteiger charge is -2.13. The van der Waals surface area contributed by atoms with Crippen molar-refractivity contribution in [3.8, 4) is 45.3 Å². The van der Waals surface area contributed by atoms with Crippen LogP contribution in [0.4, 0.5) is 0 Å². The van der Waals surface area contributed by atoms with Crippen LogP contribution in [0.3, 0.4) is 0 Å². The van der Waals surface area contributed by atoms with E-state index in [4.69, 9.17) is 14.4 Å². The molecule has 4 aromatic heterocycles. The van der Waals surface area contributed by atoms with Gasteiger partial charge in [0, 0.05) is 49.1 Å². The molecule has 8 aromatic carbocycles. The Morgan fingerprint density at radius 3 is 1.61 bits per heavy atom. The number of nitrogens with zero attached hydrogens (tertiary/aromatic N) is 4. The van der Waals surface area contributed by atoms with E-state index in [1.807, 2.05) is 18.2 Å². The Morgan fingerprint density at radius 2 is 0.877 bits per heavy atom. The lowest BCUT2D eigenvalue weighted by molar-refractivity contribution is 0.669. The normalized spacial score (nSPS) is 11.9. The summed E-state index contributed by atoms with van der Waals surface area (Å²) in [6.45, 7) is 0. The van der Waals surface area contributed by atoms with E-state index in [-0.39, 0.29) is 0 Å². The van der Waals surface area contributed by atoms with Gasteiger partial charge in [0.1, 0.15) is 11.2 Å². The molecule has 266 valence electrons. The van der Waals surface area contributed by atoms with Crippen molar-refractivity contribution in [3.05, 3.63) is 194 Å². The highest BCUT2D eigenvalue weighted by molar-refractivity contribution is 6.28. The predicted octanol–water partition coefficient (Wildman–Crippen LogP) is 13.6. The number of hydrogen-bond donors (Lipinski definition) is 0. The number of hydrogen-bond acceptors (Lipinski definition) is 3. The third kappa shape index (κ3) is 4.89. The van der Waals surface area contributed by atoms with Gasteiger partial charge in [0.15, 0.2) is 0 Å². The predicted molar refractivity (Wildman–Crippen MR) is 234 cm³/mol. The molecule has 12 aromatic rings. The molecular formula is C52H32N4O. The van der Waals surface area contributed by atoms with E-state index in [1.54, 1.807) is 0 Å². The molecule has 0 saturated heterocycles. The largest absolute Gasteiger partial charge is 0.456 e. The highest BCUT2D eigenvalue weighted by Gasteiger charge is 2.22. The monoisotopic (exact) mass is 728 g/mol. The third-order valence-corrected chi connectivity index (χ3v) is 11.3. The van der Waals surface area contributed by atoms with Gasteiger partial charge < -0.3 is 8.98 Å². The first-order chi connectivity index (χ1) is 28.3. The molecule has 57 heavy (non-hydrogen) atoms. The molecule has 0 aliphatic heterocycles. The van der Waals surface area contributed by atoms with Gasteiger partial charge in [-0.05, 0) is 77.9 Å². The maximum Gasteiger partial charge on any atom is 0.235 e. The average molecular weight is 729 g/mol. The van der Waals surface area contributed by atoms with Crippen molar-refractivity contribution in [1.82, 2.24) is 19.1 Å². The second-order valence-corrected chi connectivity index (χ2v) is 14.6. The van der Waals surface area contributed by atoms with Crippen LogP contribution in [-0.2, 0) is 0 Å². The molecule has 0 atom stereocenters. The van der Waals surface area contributed by atoms with Crippen LogP contribution in [0.2, 0.25) is 0 Å². The highest BCUT2D eigenvalue weighted by atomic mass is 16.3. The van der Waals surface area contributed by atoms with Gasteiger partial charge in [0.2, 0.25) is 5.95 Å².